The number of hydrogen-bond donors (Lipinski definition) is 1. The number of nitrogens with zero attached hydrogens (tertiary/aromatic N) is 3. The van der Waals surface area contributed by atoms with Crippen molar-refractivity contribution in [3.63, 3.8) is 0 Å². The van der Waals surface area contributed by atoms with Gasteiger partial charge in [-0.1, -0.05) is 29.8 Å². The van der Waals surface area contributed by atoms with Crippen molar-refractivity contribution in [2.24, 2.45) is 4.40 Å². The van der Waals surface area contributed by atoms with Crippen LogP contribution in [0.2, 0.25) is 0 Å². The molecule has 10 heteroatoms. The van der Waals surface area contributed by atoms with E-state index in [0.717, 1.165) is 17.2 Å². The summed E-state index contributed by atoms with van der Waals surface area (Å²) < 4.78 is 58.0. The maximum Gasteiger partial charge on any atom is 0.316 e. The maximum atomic E-state index is 13.1. The van der Waals surface area contributed by atoms with Gasteiger partial charge in [0.15, 0.2) is 0 Å². The molecule has 0 aliphatic heterocycles. The molecule has 0 atom stereocenters. The van der Waals surface area contributed by atoms with Gasteiger partial charge in [0.05, 0.1) is 22.4 Å². The first-order valence-electron chi connectivity index (χ1n) is 9.16. The molecule has 160 valence electrons. The highest BCUT2D eigenvalue weighted by Gasteiger charge is 2.29. The fraction of sp³-hybridized carbons (Fsp3) is 0.143. The van der Waals surface area contributed by atoms with Crippen LogP contribution in [0.3, 0.4) is 0 Å². The lowest BCUT2D eigenvalue weighted by molar-refractivity contribution is -0.00154. The van der Waals surface area contributed by atoms with E-state index in [4.69, 9.17) is 5.53 Å². The van der Waals surface area contributed by atoms with Crippen LogP contribution in [0.4, 0.5) is 5.69 Å². The molecule has 1 N–H and O–H groups in total. The molecule has 31 heavy (non-hydrogen) atoms. The van der Waals surface area contributed by atoms with Crippen molar-refractivity contribution in [3.8, 4) is 0 Å². The smallest absolute Gasteiger partial charge is 0.316 e. The highest BCUT2D eigenvalue weighted by Crippen LogP contribution is 2.24. The molecule has 2 aromatic rings. The second-order valence-electron chi connectivity index (χ2n) is 7.06. The molecule has 0 bridgehead atoms. The summed E-state index contributed by atoms with van der Waals surface area (Å²) in [5.41, 5.74) is 11.5. The molecule has 0 fully saturated rings. The Balaban J connectivity index is 2.09. The molecule has 0 aromatic heterocycles. The third-order valence-corrected chi connectivity index (χ3v) is 7.22. The fourth-order valence-corrected chi connectivity index (χ4v) is 5.14. The number of sulfonamides is 2. The first kappa shape index (κ1) is 22.4. The van der Waals surface area contributed by atoms with Crippen LogP contribution in [0.5, 0.6) is 0 Å². The van der Waals surface area contributed by atoms with Crippen molar-refractivity contribution in [2.75, 3.05) is 4.72 Å². The van der Waals surface area contributed by atoms with Gasteiger partial charge in [0, 0.05) is 6.08 Å². The SMILES string of the molecule is Cc1ccc(S(=O)(=O)/N=C2\C=CC(=[N+]=[N-])C=C2S(=O)(=O)Nc2cc(C)ccc2C)cc1. The molecule has 0 radical (unpaired) electrons. The Morgan fingerprint density at radius 2 is 1.55 bits per heavy atom. The summed E-state index contributed by atoms with van der Waals surface area (Å²) in [6, 6.07) is 11.3. The predicted octanol–water partition coefficient (Wildman–Crippen LogP) is 3.31. The van der Waals surface area contributed by atoms with E-state index in [-0.39, 0.29) is 16.3 Å². The molecule has 0 saturated carbocycles. The molecule has 0 amide bonds. The molecule has 0 spiro atoms. The molecule has 0 heterocycles. The molecule has 0 unspecified atom stereocenters. The molecule has 1 aliphatic carbocycles. The third kappa shape index (κ3) is 5.05. The zero-order chi connectivity index (χ0) is 22.8. The summed E-state index contributed by atoms with van der Waals surface area (Å²) in [5.74, 6) is 0. The van der Waals surface area contributed by atoms with Gasteiger partial charge in [-0.25, -0.2) is 8.42 Å². The van der Waals surface area contributed by atoms with E-state index < -0.39 is 25.0 Å². The minimum absolute atomic E-state index is 0.0620. The van der Waals surface area contributed by atoms with Gasteiger partial charge in [0.25, 0.3) is 20.0 Å². The minimum Gasteiger partial charge on any atom is -0.361 e. The summed E-state index contributed by atoms with van der Waals surface area (Å²) in [5, 5.41) is 0. The first-order chi connectivity index (χ1) is 14.5. The second-order valence-corrected chi connectivity index (χ2v) is 10.3. The molecule has 8 nitrogen and oxygen atoms in total. The van der Waals surface area contributed by atoms with Gasteiger partial charge in [-0.15, -0.1) is 0 Å². The van der Waals surface area contributed by atoms with Gasteiger partial charge in [-0.2, -0.15) is 17.6 Å². The van der Waals surface area contributed by atoms with Crippen LogP contribution in [0.25, 0.3) is 5.53 Å². The summed E-state index contributed by atoms with van der Waals surface area (Å²) >= 11 is 0. The molecule has 2 aromatic carbocycles. The Bertz CT molecular complexity index is 1400. The van der Waals surface area contributed by atoms with Crippen LogP contribution < -0.4 is 4.72 Å². The number of allylic oxidation sites excluding steroid dienone is 4. The van der Waals surface area contributed by atoms with Crippen LogP contribution in [0, 0.1) is 20.8 Å². The molecule has 1 aliphatic rings. The van der Waals surface area contributed by atoms with Gasteiger partial charge in [-0.3, -0.25) is 4.72 Å². The van der Waals surface area contributed by atoms with E-state index in [1.54, 1.807) is 31.2 Å². The van der Waals surface area contributed by atoms with Crippen molar-refractivity contribution in [3.05, 3.63) is 87.8 Å². The average Bonchev–Trinajstić information content (AvgIpc) is 2.71. The third-order valence-electron chi connectivity index (χ3n) is 4.52. The van der Waals surface area contributed by atoms with E-state index in [2.05, 4.69) is 13.9 Å². The largest absolute Gasteiger partial charge is 0.361 e. The number of hydrogen-bond acceptors (Lipinski definition) is 4. The quantitative estimate of drug-likeness (QED) is 0.420. The van der Waals surface area contributed by atoms with Crippen molar-refractivity contribution in [1.82, 2.24) is 0 Å². The summed E-state index contributed by atoms with van der Waals surface area (Å²) in [4.78, 5) is 2.50. The predicted molar refractivity (Wildman–Crippen MR) is 120 cm³/mol. The lowest BCUT2D eigenvalue weighted by Gasteiger charge is -2.15. The number of aryl methyl sites for hydroxylation is 3. The van der Waals surface area contributed by atoms with E-state index in [9.17, 15) is 16.8 Å². The lowest BCUT2D eigenvalue weighted by Crippen LogP contribution is -2.24. The van der Waals surface area contributed by atoms with Crippen molar-refractivity contribution in [1.29, 1.82) is 0 Å². The van der Waals surface area contributed by atoms with Crippen LogP contribution >= 0.6 is 0 Å². The molecular formula is C21H20N4O4S2. The zero-order valence-corrected chi connectivity index (χ0v) is 18.7. The Morgan fingerprint density at radius 3 is 2.19 bits per heavy atom. The Labute approximate surface area is 181 Å². The number of anilines is 1. The Morgan fingerprint density at radius 1 is 0.903 bits per heavy atom. The van der Waals surface area contributed by atoms with Crippen molar-refractivity contribution < 1.29 is 21.6 Å². The van der Waals surface area contributed by atoms with Gasteiger partial charge >= 0.3 is 5.71 Å². The molecular weight excluding hydrogens is 436 g/mol. The lowest BCUT2D eigenvalue weighted by atomic mass is 10.1. The summed E-state index contributed by atoms with van der Waals surface area (Å²) in [6.45, 7) is 5.37. The van der Waals surface area contributed by atoms with Crippen molar-refractivity contribution in [2.45, 2.75) is 25.7 Å². The van der Waals surface area contributed by atoms with Crippen LogP contribution in [0.1, 0.15) is 16.7 Å². The van der Waals surface area contributed by atoms with Gasteiger partial charge in [0.2, 0.25) is 0 Å². The maximum absolute atomic E-state index is 13.1. The normalized spacial score (nSPS) is 15.5. The van der Waals surface area contributed by atoms with E-state index >= 15 is 0 Å². The summed E-state index contributed by atoms with van der Waals surface area (Å²) in [7, 11) is -8.44. The monoisotopic (exact) mass is 456 g/mol. The minimum atomic E-state index is -4.26. The Hall–Kier alpha value is -3.33. The van der Waals surface area contributed by atoms with E-state index in [1.807, 2.05) is 19.9 Å². The Kier molecular flexibility index (Phi) is 6.08. The standard InChI is InChI=1S/C21H20N4O4S2/c1-14-5-9-18(10-6-14)30(26,27)24-19-11-8-17(23-22)13-21(19)31(28,29)25-20-12-15(2)4-7-16(20)3/h4-13,25H,1-3H3/b24-19+. The van der Waals surface area contributed by atoms with Crippen LogP contribution in [-0.4, -0.2) is 33.0 Å². The van der Waals surface area contributed by atoms with E-state index in [0.29, 0.717) is 11.3 Å². The second kappa shape index (κ2) is 8.43. The highest BCUT2D eigenvalue weighted by molar-refractivity contribution is 7.97. The van der Waals surface area contributed by atoms with Gasteiger partial charge < -0.3 is 5.53 Å². The number of benzene rings is 2. The molecule has 0 saturated heterocycles. The zero-order valence-electron chi connectivity index (χ0n) is 17.1. The summed E-state index contributed by atoms with van der Waals surface area (Å²) in [6.07, 6.45) is 3.50. The number of rotatable bonds is 5. The van der Waals surface area contributed by atoms with Gasteiger partial charge in [0.1, 0.15) is 4.91 Å². The highest BCUT2D eigenvalue weighted by atomic mass is 32.2. The van der Waals surface area contributed by atoms with E-state index in [1.165, 1.54) is 24.3 Å². The van der Waals surface area contributed by atoms with Crippen LogP contribution in [0.15, 0.2) is 74.9 Å². The van der Waals surface area contributed by atoms with Gasteiger partial charge in [-0.05, 0) is 56.2 Å². The first-order valence-corrected chi connectivity index (χ1v) is 12.1. The fourth-order valence-electron chi connectivity index (χ4n) is 2.79. The van der Waals surface area contributed by atoms with Crippen LogP contribution in [-0.2, 0) is 20.0 Å². The average molecular weight is 457 g/mol. The van der Waals surface area contributed by atoms with Crippen molar-refractivity contribution >= 4 is 37.2 Å². The number of nitrogens with one attached hydrogen (secondary N) is 1. The molecule has 3 rings (SSSR count). The topological polar surface area (TPSA) is 129 Å².